The van der Waals surface area contributed by atoms with Crippen molar-refractivity contribution in [3.05, 3.63) is 24.4 Å². The summed E-state index contributed by atoms with van der Waals surface area (Å²) in [6, 6.07) is 0. The van der Waals surface area contributed by atoms with Gasteiger partial charge in [0.1, 0.15) is 6.61 Å². The molecule has 0 amide bonds. The van der Waals surface area contributed by atoms with Gasteiger partial charge in [0.25, 0.3) is 0 Å². The van der Waals surface area contributed by atoms with Crippen LogP contribution < -0.4 is 5.73 Å². The van der Waals surface area contributed by atoms with Gasteiger partial charge < -0.3 is 15.6 Å². The number of hydrogen-bond donors (Lipinski definition) is 2. The molecule has 0 saturated heterocycles. The Morgan fingerprint density at radius 1 is 1.83 bits per heavy atom. The summed E-state index contributed by atoms with van der Waals surface area (Å²) in [5, 5.41) is 8.25. The van der Waals surface area contributed by atoms with E-state index in [2.05, 4.69) is 6.58 Å². The zero-order chi connectivity index (χ0) is 9.56. The molecule has 4 heteroatoms. The van der Waals surface area contributed by atoms with Crippen LogP contribution in [-0.4, -0.2) is 23.8 Å². The van der Waals surface area contributed by atoms with Crippen molar-refractivity contribution in [2.75, 3.05) is 6.61 Å². The van der Waals surface area contributed by atoms with Gasteiger partial charge in [0.2, 0.25) is 0 Å². The third-order valence-corrected chi connectivity index (χ3v) is 1.05. The smallest absolute Gasteiger partial charge is 0.329 e. The topological polar surface area (TPSA) is 72.5 Å². The van der Waals surface area contributed by atoms with Gasteiger partial charge in [0.05, 0.1) is 6.10 Å². The molecule has 4 nitrogen and oxygen atoms in total. The zero-order valence-electron chi connectivity index (χ0n) is 6.99. The molecule has 0 aromatic carbocycles. The number of ether oxygens (including phenoxy) is 1. The van der Waals surface area contributed by atoms with Crippen LogP contribution in [0.3, 0.4) is 0 Å². The molecule has 1 unspecified atom stereocenters. The molecular weight excluding hydrogens is 158 g/mol. The molecule has 3 N–H and O–H groups in total. The van der Waals surface area contributed by atoms with E-state index in [-0.39, 0.29) is 12.7 Å². The summed E-state index contributed by atoms with van der Waals surface area (Å²) < 4.78 is 4.87. The Labute approximate surface area is 71.3 Å². The molecule has 0 rings (SSSR count). The zero-order valence-corrected chi connectivity index (χ0v) is 6.99. The minimum atomic E-state index is -0.984. The summed E-state index contributed by atoms with van der Waals surface area (Å²) in [6.45, 7) is 4.86. The largest absolute Gasteiger partial charge is 0.480 e. The maximum Gasteiger partial charge on any atom is 0.329 e. The fourth-order valence-corrected chi connectivity index (χ4v) is 0.517. The van der Waals surface area contributed by atoms with Crippen molar-refractivity contribution in [2.24, 2.45) is 5.73 Å². The van der Waals surface area contributed by atoms with Crippen LogP contribution in [0.4, 0.5) is 0 Å². The van der Waals surface area contributed by atoms with E-state index in [1.54, 1.807) is 19.1 Å². The van der Waals surface area contributed by atoms with E-state index in [1.165, 1.54) is 0 Å². The van der Waals surface area contributed by atoms with Gasteiger partial charge in [-0.3, -0.25) is 0 Å². The average Bonchev–Trinajstić information content (AvgIpc) is 1.96. The molecule has 0 spiro atoms. The van der Waals surface area contributed by atoms with E-state index in [0.29, 0.717) is 5.70 Å². The number of carboxylic acid groups (broad SMARTS) is 1. The highest BCUT2D eigenvalue weighted by molar-refractivity contribution is 5.68. The first-order valence-corrected chi connectivity index (χ1v) is 3.48. The highest BCUT2D eigenvalue weighted by Crippen LogP contribution is 1.94. The third kappa shape index (κ3) is 6.82. The molecule has 0 fully saturated rings. The maximum atomic E-state index is 10.1. The predicted octanol–water partition coefficient (Wildman–Crippen LogP) is 0.505. The van der Waals surface area contributed by atoms with Crippen LogP contribution >= 0.6 is 0 Å². The van der Waals surface area contributed by atoms with E-state index in [1.807, 2.05) is 0 Å². The number of carboxylic acids is 1. The summed E-state index contributed by atoms with van der Waals surface area (Å²) in [6.07, 6.45) is 2.96. The van der Waals surface area contributed by atoms with Crippen LogP contribution in [0.5, 0.6) is 0 Å². The summed E-state index contributed by atoms with van der Waals surface area (Å²) in [5.41, 5.74) is 5.66. The van der Waals surface area contributed by atoms with Crippen LogP contribution in [0.25, 0.3) is 0 Å². The number of hydrogen-bond acceptors (Lipinski definition) is 3. The minimum Gasteiger partial charge on any atom is -0.480 e. The molecule has 68 valence electrons. The third-order valence-electron chi connectivity index (χ3n) is 1.05. The van der Waals surface area contributed by atoms with Crippen LogP contribution in [-0.2, 0) is 9.53 Å². The molecule has 12 heavy (non-hydrogen) atoms. The Morgan fingerprint density at radius 2 is 2.42 bits per heavy atom. The second kappa shape index (κ2) is 5.37. The molecule has 1 atom stereocenters. The van der Waals surface area contributed by atoms with Crippen molar-refractivity contribution < 1.29 is 14.6 Å². The summed E-state index contributed by atoms with van der Waals surface area (Å²) in [5.74, 6) is -0.984. The number of allylic oxidation sites excluding steroid dienone is 1. The van der Waals surface area contributed by atoms with Gasteiger partial charge in [-0.2, -0.15) is 0 Å². The normalized spacial score (nSPS) is 13.1. The van der Waals surface area contributed by atoms with Gasteiger partial charge in [-0.25, -0.2) is 4.79 Å². The summed E-state index contributed by atoms with van der Waals surface area (Å²) in [4.78, 5) is 10.1. The Kier molecular flexibility index (Phi) is 4.79. The SMILES string of the molecule is C=C(N)/C=C\C(C)OCC(=O)O. The number of aliphatic carboxylic acids is 1. The maximum absolute atomic E-state index is 10.1. The average molecular weight is 171 g/mol. The first kappa shape index (κ1) is 10.7. The van der Waals surface area contributed by atoms with E-state index in [0.717, 1.165) is 0 Å². The number of nitrogens with two attached hydrogens (primary N) is 1. The van der Waals surface area contributed by atoms with Gasteiger partial charge in [0.15, 0.2) is 0 Å². The van der Waals surface area contributed by atoms with Crippen molar-refractivity contribution in [1.82, 2.24) is 0 Å². The lowest BCUT2D eigenvalue weighted by molar-refractivity contribution is -0.143. The summed E-state index contributed by atoms with van der Waals surface area (Å²) in [7, 11) is 0. The lowest BCUT2D eigenvalue weighted by Gasteiger charge is -2.04. The lowest BCUT2D eigenvalue weighted by Crippen LogP contribution is -2.13. The van der Waals surface area contributed by atoms with Crippen molar-refractivity contribution >= 4 is 5.97 Å². The molecule has 0 aromatic heterocycles. The molecule has 0 aromatic rings. The number of carbonyl (C=O) groups is 1. The number of rotatable bonds is 5. The fraction of sp³-hybridized carbons (Fsp3) is 0.375. The Balaban J connectivity index is 3.66. The van der Waals surface area contributed by atoms with E-state index in [9.17, 15) is 4.79 Å². The van der Waals surface area contributed by atoms with Crippen LogP contribution in [0.15, 0.2) is 24.4 Å². The molecule has 0 radical (unpaired) electrons. The highest BCUT2D eigenvalue weighted by atomic mass is 16.5. The first-order chi connectivity index (χ1) is 5.52. The van der Waals surface area contributed by atoms with E-state index in [4.69, 9.17) is 15.6 Å². The van der Waals surface area contributed by atoms with Gasteiger partial charge in [-0.1, -0.05) is 12.7 Å². The van der Waals surface area contributed by atoms with Gasteiger partial charge in [-0.15, -0.1) is 0 Å². The van der Waals surface area contributed by atoms with E-state index < -0.39 is 5.97 Å². The summed E-state index contributed by atoms with van der Waals surface area (Å²) >= 11 is 0. The highest BCUT2D eigenvalue weighted by Gasteiger charge is 2.00. The lowest BCUT2D eigenvalue weighted by atomic mass is 10.3. The molecular formula is C8H13NO3. The quantitative estimate of drug-likeness (QED) is 0.591. The second-order valence-corrected chi connectivity index (χ2v) is 2.34. The Morgan fingerprint density at radius 3 is 2.83 bits per heavy atom. The van der Waals surface area contributed by atoms with Crippen LogP contribution in [0, 0.1) is 0 Å². The Bertz CT molecular complexity index is 198. The molecule has 0 saturated carbocycles. The molecule has 0 bridgehead atoms. The minimum absolute atomic E-state index is 0.263. The van der Waals surface area contributed by atoms with Crippen molar-refractivity contribution in [3.8, 4) is 0 Å². The van der Waals surface area contributed by atoms with Crippen molar-refractivity contribution in [2.45, 2.75) is 13.0 Å². The van der Waals surface area contributed by atoms with Gasteiger partial charge >= 0.3 is 5.97 Å². The van der Waals surface area contributed by atoms with Crippen molar-refractivity contribution in [1.29, 1.82) is 0 Å². The van der Waals surface area contributed by atoms with E-state index >= 15 is 0 Å². The first-order valence-electron chi connectivity index (χ1n) is 3.48. The molecule has 0 heterocycles. The predicted molar refractivity (Wildman–Crippen MR) is 45.5 cm³/mol. The van der Waals surface area contributed by atoms with Crippen LogP contribution in [0.2, 0.25) is 0 Å². The molecule has 0 aliphatic carbocycles. The standard InChI is InChI=1S/C8H13NO3/c1-6(9)3-4-7(2)12-5-8(10)11/h3-4,7H,1,5,9H2,2H3,(H,10,11)/b4-3-. The molecule has 0 aliphatic heterocycles. The second-order valence-electron chi connectivity index (χ2n) is 2.34. The van der Waals surface area contributed by atoms with Gasteiger partial charge in [0, 0.05) is 5.70 Å². The van der Waals surface area contributed by atoms with Crippen molar-refractivity contribution in [3.63, 3.8) is 0 Å². The van der Waals surface area contributed by atoms with Crippen LogP contribution in [0.1, 0.15) is 6.92 Å². The fourth-order valence-electron chi connectivity index (χ4n) is 0.517. The monoisotopic (exact) mass is 171 g/mol. The van der Waals surface area contributed by atoms with Gasteiger partial charge in [-0.05, 0) is 13.0 Å². The Hall–Kier alpha value is -1.29. The molecule has 0 aliphatic rings.